The first-order valence-corrected chi connectivity index (χ1v) is 6.81. The summed E-state index contributed by atoms with van der Waals surface area (Å²) < 4.78 is 0. The first kappa shape index (κ1) is 13.1. The van der Waals surface area contributed by atoms with Gasteiger partial charge in [0.1, 0.15) is 12.1 Å². The second kappa shape index (κ2) is 5.64. The number of benzene rings is 2. The summed E-state index contributed by atoms with van der Waals surface area (Å²) in [6.07, 6.45) is 7.04. The van der Waals surface area contributed by atoms with E-state index in [9.17, 15) is 0 Å². The molecule has 0 bridgehead atoms. The molecule has 0 radical (unpaired) electrons. The third kappa shape index (κ3) is 2.70. The third-order valence-corrected chi connectivity index (χ3v) is 3.45. The van der Waals surface area contributed by atoms with Crippen LogP contribution in [0.2, 0.25) is 0 Å². The Morgan fingerprint density at radius 3 is 2.67 bits per heavy atom. The Labute approximate surface area is 124 Å². The van der Waals surface area contributed by atoms with E-state index in [1.54, 1.807) is 6.33 Å². The van der Waals surface area contributed by atoms with Gasteiger partial charge in [0.25, 0.3) is 0 Å². The van der Waals surface area contributed by atoms with Gasteiger partial charge in [-0.15, -0.1) is 6.42 Å². The molecule has 1 aromatic heterocycles. The Hall–Kier alpha value is -2.86. The number of fused-ring (bicyclic) bond motifs is 1. The van der Waals surface area contributed by atoms with E-state index in [1.807, 2.05) is 36.4 Å². The van der Waals surface area contributed by atoms with Gasteiger partial charge < -0.3 is 5.32 Å². The van der Waals surface area contributed by atoms with Crippen LogP contribution in [0.25, 0.3) is 10.9 Å². The topological polar surface area (TPSA) is 37.8 Å². The van der Waals surface area contributed by atoms with Crippen molar-refractivity contribution >= 4 is 16.7 Å². The highest BCUT2D eigenvalue weighted by Gasteiger charge is 2.09. The highest BCUT2D eigenvalue weighted by Crippen LogP contribution is 2.24. The molecule has 21 heavy (non-hydrogen) atoms. The zero-order valence-electron chi connectivity index (χ0n) is 11.7. The first-order valence-electron chi connectivity index (χ1n) is 6.81. The summed E-state index contributed by atoms with van der Waals surface area (Å²) in [7, 11) is 0. The van der Waals surface area contributed by atoms with Gasteiger partial charge in [0, 0.05) is 17.0 Å². The van der Waals surface area contributed by atoms with Crippen LogP contribution in [-0.4, -0.2) is 9.97 Å². The average Bonchev–Trinajstić information content (AvgIpc) is 2.55. The number of hydrogen-bond donors (Lipinski definition) is 1. The lowest BCUT2D eigenvalue weighted by Crippen LogP contribution is -2.08. The molecule has 0 aliphatic carbocycles. The molecular formula is C18H15N3. The summed E-state index contributed by atoms with van der Waals surface area (Å²) in [5, 5.41) is 4.37. The van der Waals surface area contributed by atoms with Crippen molar-refractivity contribution in [3.63, 3.8) is 0 Å². The van der Waals surface area contributed by atoms with Crippen molar-refractivity contribution in [1.82, 2.24) is 9.97 Å². The highest BCUT2D eigenvalue weighted by molar-refractivity contribution is 5.90. The van der Waals surface area contributed by atoms with E-state index in [0.717, 1.165) is 22.3 Å². The smallest absolute Gasteiger partial charge is 0.137 e. The van der Waals surface area contributed by atoms with Gasteiger partial charge in [-0.2, -0.15) is 0 Å². The van der Waals surface area contributed by atoms with E-state index in [2.05, 4.69) is 40.3 Å². The predicted molar refractivity (Wildman–Crippen MR) is 86.0 cm³/mol. The van der Waals surface area contributed by atoms with Crippen LogP contribution in [0.15, 0.2) is 54.9 Å². The number of aromatic nitrogens is 2. The molecule has 0 aliphatic rings. The van der Waals surface area contributed by atoms with E-state index in [4.69, 9.17) is 6.42 Å². The summed E-state index contributed by atoms with van der Waals surface area (Å²) in [6, 6.07) is 16.2. The highest BCUT2D eigenvalue weighted by atomic mass is 15.0. The van der Waals surface area contributed by atoms with Gasteiger partial charge in [-0.1, -0.05) is 36.3 Å². The lowest BCUT2D eigenvalue weighted by molar-refractivity contribution is 0.876. The summed E-state index contributed by atoms with van der Waals surface area (Å²) in [4.78, 5) is 8.63. The molecule has 3 aromatic rings. The second-order valence-electron chi connectivity index (χ2n) is 4.88. The van der Waals surface area contributed by atoms with Crippen molar-refractivity contribution in [1.29, 1.82) is 0 Å². The van der Waals surface area contributed by atoms with E-state index in [-0.39, 0.29) is 6.04 Å². The molecule has 0 aliphatic heterocycles. The van der Waals surface area contributed by atoms with Gasteiger partial charge in [-0.05, 0) is 30.7 Å². The standard InChI is InChI=1S/C18H15N3/c1-3-14-9-10-17-16(11-14)18(20-12-19-17)21-13(2)15-7-5-4-6-8-15/h1,4-13H,2H3,(H,19,20,21). The normalized spacial score (nSPS) is 11.8. The maximum absolute atomic E-state index is 5.47. The van der Waals surface area contributed by atoms with E-state index in [0.29, 0.717) is 0 Å². The minimum atomic E-state index is 0.152. The Balaban J connectivity index is 1.99. The molecule has 2 aromatic carbocycles. The number of anilines is 1. The van der Waals surface area contributed by atoms with Crippen molar-refractivity contribution in [2.45, 2.75) is 13.0 Å². The SMILES string of the molecule is C#Cc1ccc2ncnc(NC(C)c3ccccc3)c2c1. The molecule has 0 saturated carbocycles. The maximum atomic E-state index is 5.47. The lowest BCUT2D eigenvalue weighted by atomic mass is 10.1. The Bertz CT molecular complexity index is 804. The van der Waals surface area contributed by atoms with Gasteiger partial charge in [0.05, 0.1) is 5.52 Å². The Morgan fingerprint density at radius 1 is 1.10 bits per heavy atom. The van der Waals surface area contributed by atoms with Crippen LogP contribution in [0.4, 0.5) is 5.82 Å². The van der Waals surface area contributed by atoms with Crippen molar-refractivity contribution in [3.05, 3.63) is 66.0 Å². The lowest BCUT2D eigenvalue weighted by Gasteiger charge is -2.16. The van der Waals surface area contributed by atoms with Gasteiger partial charge in [-0.3, -0.25) is 0 Å². The number of nitrogens with one attached hydrogen (secondary N) is 1. The minimum absolute atomic E-state index is 0.152. The fourth-order valence-corrected chi connectivity index (χ4v) is 2.29. The van der Waals surface area contributed by atoms with Gasteiger partial charge in [0.2, 0.25) is 0 Å². The summed E-state index contributed by atoms with van der Waals surface area (Å²) in [5.41, 5.74) is 2.91. The van der Waals surface area contributed by atoms with Crippen LogP contribution in [-0.2, 0) is 0 Å². The third-order valence-electron chi connectivity index (χ3n) is 3.45. The van der Waals surface area contributed by atoms with Gasteiger partial charge in [-0.25, -0.2) is 9.97 Å². The predicted octanol–water partition coefficient (Wildman–Crippen LogP) is 3.78. The molecule has 0 fully saturated rings. The molecule has 1 heterocycles. The fraction of sp³-hybridized carbons (Fsp3) is 0.111. The summed E-state index contributed by atoms with van der Waals surface area (Å²) >= 11 is 0. The summed E-state index contributed by atoms with van der Waals surface area (Å²) in [5.74, 6) is 3.45. The monoisotopic (exact) mass is 273 g/mol. The average molecular weight is 273 g/mol. The zero-order valence-corrected chi connectivity index (χ0v) is 11.7. The van der Waals surface area contributed by atoms with Crippen molar-refractivity contribution < 1.29 is 0 Å². The van der Waals surface area contributed by atoms with Crippen molar-refractivity contribution in [3.8, 4) is 12.3 Å². The molecule has 0 spiro atoms. The Kier molecular flexibility index (Phi) is 3.53. The molecule has 102 valence electrons. The first-order chi connectivity index (χ1) is 10.3. The fourth-order valence-electron chi connectivity index (χ4n) is 2.29. The summed E-state index contributed by atoms with van der Waals surface area (Å²) in [6.45, 7) is 2.11. The minimum Gasteiger partial charge on any atom is -0.363 e. The van der Waals surface area contributed by atoms with Crippen LogP contribution in [0.3, 0.4) is 0 Å². The zero-order chi connectivity index (χ0) is 14.7. The molecule has 1 unspecified atom stereocenters. The van der Waals surface area contributed by atoms with Gasteiger partial charge >= 0.3 is 0 Å². The molecule has 3 heteroatoms. The number of nitrogens with zero attached hydrogens (tertiary/aromatic N) is 2. The molecule has 1 atom stereocenters. The van der Waals surface area contributed by atoms with E-state index >= 15 is 0 Å². The number of rotatable bonds is 3. The number of hydrogen-bond acceptors (Lipinski definition) is 3. The van der Waals surface area contributed by atoms with Crippen molar-refractivity contribution in [2.24, 2.45) is 0 Å². The van der Waals surface area contributed by atoms with Crippen LogP contribution in [0.1, 0.15) is 24.1 Å². The molecule has 3 nitrogen and oxygen atoms in total. The molecule has 3 rings (SSSR count). The van der Waals surface area contributed by atoms with Gasteiger partial charge in [0.15, 0.2) is 0 Å². The molecule has 0 amide bonds. The number of terminal acetylenes is 1. The van der Waals surface area contributed by atoms with E-state index < -0.39 is 0 Å². The molecular weight excluding hydrogens is 258 g/mol. The van der Waals surface area contributed by atoms with Crippen LogP contribution < -0.4 is 5.32 Å². The van der Waals surface area contributed by atoms with Crippen LogP contribution >= 0.6 is 0 Å². The van der Waals surface area contributed by atoms with Crippen LogP contribution in [0.5, 0.6) is 0 Å². The van der Waals surface area contributed by atoms with E-state index in [1.165, 1.54) is 5.56 Å². The van der Waals surface area contributed by atoms with Crippen LogP contribution in [0, 0.1) is 12.3 Å². The van der Waals surface area contributed by atoms with Crippen molar-refractivity contribution in [2.75, 3.05) is 5.32 Å². The Morgan fingerprint density at radius 2 is 1.90 bits per heavy atom. The second-order valence-corrected chi connectivity index (χ2v) is 4.88. The largest absolute Gasteiger partial charge is 0.363 e. The maximum Gasteiger partial charge on any atom is 0.137 e. The molecule has 0 saturated heterocycles. The quantitative estimate of drug-likeness (QED) is 0.738. The molecule has 1 N–H and O–H groups in total.